The molecule has 0 aliphatic heterocycles. The van der Waals surface area contributed by atoms with Gasteiger partial charge in [-0.3, -0.25) is 4.79 Å². The van der Waals surface area contributed by atoms with Crippen molar-refractivity contribution in [1.82, 2.24) is 0 Å². The average Bonchev–Trinajstić information content (AvgIpc) is 2.17. The topological polar surface area (TPSA) is 26.3 Å². The maximum Gasteiger partial charge on any atom is 0.158 e. The van der Waals surface area contributed by atoms with Crippen LogP contribution in [0.1, 0.15) is 59.3 Å². The third-order valence-corrected chi connectivity index (χ3v) is 3.30. The minimum atomic E-state index is 0.252. The first-order valence-electron chi connectivity index (χ1n) is 6.17. The fraction of sp³-hybridized carbons (Fsp3) is 0.923. The summed E-state index contributed by atoms with van der Waals surface area (Å²) < 4.78 is 5.64. The fourth-order valence-electron chi connectivity index (χ4n) is 2.10. The van der Waals surface area contributed by atoms with E-state index in [0.717, 1.165) is 19.3 Å². The summed E-state index contributed by atoms with van der Waals surface area (Å²) in [5, 5.41) is 0. The van der Waals surface area contributed by atoms with Crippen LogP contribution in [-0.2, 0) is 9.53 Å². The van der Waals surface area contributed by atoms with E-state index in [0.29, 0.717) is 24.5 Å². The van der Waals surface area contributed by atoms with Crippen molar-refractivity contribution < 1.29 is 9.53 Å². The van der Waals surface area contributed by atoms with Crippen LogP contribution in [0.3, 0.4) is 0 Å². The summed E-state index contributed by atoms with van der Waals surface area (Å²) >= 11 is 0. The highest BCUT2D eigenvalue weighted by Crippen LogP contribution is 2.36. The normalized spacial score (nSPS) is 21.5. The van der Waals surface area contributed by atoms with Gasteiger partial charge in [0.1, 0.15) is 6.61 Å². The molecule has 1 fully saturated rings. The maximum atomic E-state index is 11.3. The first-order valence-corrected chi connectivity index (χ1v) is 6.17. The van der Waals surface area contributed by atoms with Gasteiger partial charge in [-0.2, -0.15) is 0 Å². The van der Waals surface area contributed by atoms with E-state index in [1.54, 1.807) is 0 Å². The predicted molar refractivity (Wildman–Crippen MR) is 61.9 cm³/mol. The lowest BCUT2D eigenvalue weighted by atomic mass is 9.76. The van der Waals surface area contributed by atoms with E-state index in [-0.39, 0.29) is 5.78 Å². The predicted octanol–water partition coefficient (Wildman–Crippen LogP) is 3.34. The van der Waals surface area contributed by atoms with Crippen LogP contribution in [0.2, 0.25) is 0 Å². The lowest BCUT2D eigenvalue weighted by molar-refractivity contribution is -0.126. The Morgan fingerprint density at radius 3 is 2.47 bits per heavy atom. The Kier molecular flexibility index (Phi) is 4.78. The van der Waals surface area contributed by atoms with Gasteiger partial charge in [0, 0.05) is 6.42 Å². The van der Waals surface area contributed by atoms with Crippen LogP contribution in [0, 0.1) is 5.41 Å². The second-order valence-corrected chi connectivity index (χ2v) is 5.46. The van der Waals surface area contributed by atoms with Crippen molar-refractivity contribution in [2.24, 2.45) is 5.41 Å². The molecular formula is C13H24O2. The molecule has 0 radical (unpaired) electrons. The van der Waals surface area contributed by atoms with Crippen molar-refractivity contribution in [3.05, 3.63) is 0 Å². The molecule has 0 saturated heterocycles. The van der Waals surface area contributed by atoms with Crippen molar-refractivity contribution in [1.29, 1.82) is 0 Å². The van der Waals surface area contributed by atoms with Crippen LogP contribution in [-0.4, -0.2) is 18.5 Å². The van der Waals surface area contributed by atoms with Gasteiger partial charge >= 0.3 is 0 Å². The molecule has 0 amide bonds. The smallest absolute Gasteiger partial charge is 0.158 e. The first kappa shape index (κ1) is 12.7. The molecule has 0 aromatic rings. The van der Waals surface area contributed by atoms with E-state index in [1.165, 1.54) is 12.8 Å². The Bertz CT molecular complexity index is 199. The number of hydrogen-bond donors (Lipinski definition) is 0. The molecule has 0 bridgehead atoms. The molecule has 2 nitrogen and oxygen atoms in total. The van der Waals surface area contributed by atoms with Gasteiger partial charge < -0.3 is 4.74 Å². The molecule has 0 aromatic carbocycles. The molecule has 0 heterocycles. The fourth-order valence-corrected chi connectivity index (χ4v) is 2.10. The molecule has 15 heavy (non-hydrogen) atoms. The number of carbonyl (C=O) groups is 1. The Hall–Kier alpha value is -0.370. The van der Waals surface area contributed by atoms with Gasteiger partial charge in [-0.05, 0) is 37.5 Å². The SMILES string of the molecule is CCCC(=O)COC1CCC(C)(C)CC1. The monoisotopic (exact) mass is 212 g/mol. The molecule has 2 heteroatoms. The van der Waals surface area contributed by atoms with Gasteiger partial charge in [0.15, 0.2) is 5.78 Å². The summed E-state index contributed by atoms with van der Waals surface area (Å²) in [7, 11) is 0. The van der Waals surface area contributed by atoms with Crippen molar-refractivity contribution in [2.75, 3.05) is 6.61 Å². The summed E-state index contributed by atoms with van der Waals surface area (Å²) in [4.78, 5) is 11.3. The van der Waals surface area contributed by atoms with Crippen molar-refractivity contribution in [3.8, 4) is 0 Å². The second-order valence-electron chi connectivity index (χ2n) is 5.46. The average molecular weight is 212 g/mol. The third kappa shape index (κ3) is 4.78. The van der Waals surface area contributed by atoms with Gasteiger partial charge in [-0.1, -0.05) is 20.8 Å². The van der Waals surface area contributed by atoms with E-state index in [4.69, 9.17) is 4.74 Å². The molecule has 0 spiro atoms. The number of carbonyl (C=O) groups excluding carboxylic acids is 1. The summed E-state index contributed by atoms with van der Waals surface area (Å²) in [6, 6.07) is 0. The molecule has 0 atom stereocenters. The number of hydrogen-bond acceptors (Lipinski definition) is 2. The van der Waals surface area contributed by atoms with Gasteiger partial charge in [-0.15, -0.1) is 0 Å². The van der Waals surface area contributed by atoms with Crippen LogP contribution in [0.4, 0.5) is 0 Å². The molecule has 1 aliphatic carbocycles. The standard InChI is InChI=1S/C13H24O2/c1-4-5-11(14)10-15-12-6-8-13(2,3)9-7-12/h12H,4-10H2,1-3H3. The molecule has 0 aromatic heterocycles. The molecule has 1 rings (SSSR count). The second kappa shape index (κ2) is 5.64. The Morgan fingerprint density at radius 1 is 1.33 bits per heavy atom. The van der Waals surface area contributed by atoms with Crippen LogP contribution < -0.4 is 0 Å². The molecular weight excluding hydrogens is 188 g/mol. The first-order chi connectivity index (χ1) is 7.03. The van der Waals surface area contributed by atoms with Crippen LogP contribution >= 0.6 is 0 Å². The quantitative estimate of drug-likeness (QED) is 0.698. The third-order valence-electron chi connectivity index (χ3n) is 3.30. The number of rotatable bonds is 5. The van der Waals surface area contributed by atoms with Crippen molar-refractivity contribution >= 4 is 5.78 Å². The zero-order valence-corrected chi connectivity index (χ0v) is 10.3. The molecule has 1 aliphatic rings. The summed E-state index contributed by atoms with van der Waals surface area (Å²) in [5.41, 5.74) is 0.479. The molecule has 88 valence electrons. The van der Waals surface area contributed by atoms with E-state index < -0.39 is 0 Å². The molecule has 0 N–H and O–H groups in total. The maximum absolute atomic E-state index is 11.3. The zero-order valence-electron chi connectivity index (χ0n) is 10.3. The lowest BCUT2D eigenvalue weighted by Crippen LogP contribution is -2.28. The molecule has 0 unspecified atom stereocenters. The highest BCUT2D eigenvalue weighted by molar-refractivity contribution is 5.79. The van der Waals surface area contributed by atoms with E-state index in [9.17, 15) is 4.79 Å². The van der Waals surface area contributed by atoms with Gasteiger partial charge in [-0.25, -0.2) is 0 Å². The minimum Gasteiger partial charge on any atom is -0.370 e. The van der Waals surface area contributed by atoms with Crippen molar-refractivity contribution in [3.63, 3.8) is 0 Å². The van der Waals surface area contributed by atoms with E-state index in [1.807, 2.05) is 6.92 Å². The van der Waals surface area contributed by atoms with Crippen LogP contribution in [0.15, 0.2) is 0 Å². The highest BCUT2D eigenvalue weighted by atomic mass is 16.5. The van der Waals surface area contributed by atoms with Crippen LogP contribution in [0.25, 0.3) is 0 Å². The number of ketones is 1. The lowest BCUT2D eigenvalue weighted by Gasteiger charge is -2.34. The van der Waals surface area contributed by atoms with Gasteiger partial charge in [0.05, 0.1) is 6.10 Å². The summed E-state index contributed by atoms with van der Waals surface area (Å²) in [6.45, 7) is 6.98. The molecule has 1 saturated carbocycles. The zero-order chi connectivity index (χ0) is 11.3. The number of Topliss-reactive ketones (excluding diaryl/α,β-unsaturated/α-hetero) is 1. The minimum absolute atomic E-state index is 0.252. The summed E-state index contributed by atoms with van der Waals surface area (Å²) in [6.07, 6.45) is 6.61. The van der Waals surface area contributed by atoms with E-state index >= 15 is 0 Å². The van der Waals surface area contributed by atoms with Gasteiger partial charge in [0.25, 0.3) is 0 Å². The largest absolute Gasteiger partial charge is 0.370 e. The highest BCUT2D eigenvalue weighted by Gasteiger charge is 2.27. The van der Waals surface area contributed by atoms with Gasteiger partial charge in [0.2, 0.25) is 0 Å². The van der Waals surface area contributed by atoms with Crippen LogP contribution in [0.5, 0.6) is 0 Å². The van der Waals surface area contributed by atoms with E-state index in [2.05, 4.69) is 13.8 Å². The Morgan fingerprint density at radius 2 is 1.93 bits per heavy atom. The Labute approximate surface area is 93.4 Å². The number of ether oxygens (including phenoxy) is 1. The summed E-state index contributed by atoms with van der Waals surface area (Å²) in [5.74, 6) is 0.252. The van der Waals surface area contributed by atoms with Crippen molar-refractivity contribution in [2.45, 2.75) is 65.4 Å². The Balaban J connectivity index is 2.16.